The average Bonchev–Trinajstić information content (AvgIpc) is 2.35. The van der Waals surface area contributed by atoms with Crippen LogP contribution in [-0.2, 0) is 4.53 Å². The number of hydrogen-bond donors (Lipinski definition) is 0. The Morgan fingerprint density at radius 2 is 1.50 bits per heavy atom. The fourth-order valence-corrected chi connectivity index (χ4v) is 2.34. The van der Waals surface area contributed by atoms with Crippen LogP contribution in [0.5, 0.6) is 0 Å². The maximum atomic E-state index is 6.14. The van der Waals surface area contributed by atoms with Gasteiger partial charge in [0.15, 0.2) is 0 Å². The van der Waals surface area contributed by atoms with Crippen LogP contribution in [0.25, 0.3) is 0 Å². The highest BCUT2D eigenvalue weighted by molar-refractivity contribution is 6.74. The van der Waals surface area contributed by atoms with Gasteiger partial charge < -0.3 is 4.53 Å². The molecule has 1 fully saturated rings. The Morgan fingerprint density at radius 1 is 1.07 bits per heavy atom. The second-order valence-electron chi connectivity index (χ2n) is 5.49. The normalized spacial score (nSPS) is 19.5. The number of hydroxylamine groups is 2. The van der Waals surface area contributed by atoms with E-state index >= 15 is 0 Å². The molecule has 0 atom stereocenters. The highest BCUT2D eigenvalue weighted by atomic mass is 35.5. The van der Waals surface area contributed by atoms with Crippen molar-refractivity contribution in [3.8, 4) is 0 Å². The molecule has 4 heteroatoms. The Morgan fingerprint density at radius 3 is 1.86 bits per heavy atom. The van der Waals surface area contributed by atoms with Crippen LogP contribution in [0.2, 0.25) is 18.1 Å². The van der Waals surface area contributed by atoms with E-state index in [1.807, 2.05) is 0 Å². The molecule has 0 spiro atoms. The lowest BCUT2D eigenvalue weighted by Crippen LogP contribution is -2.45. The Labute approximate surface area is 95.5 Å². The summed E-state index contributed by atoms with van der Waals surface area (Å²) >= 11 is 0. The molecule has 0 aromatic heterocycles. The van der Waals surface area contributed by atoms with Gasteiger partial charge in [-0.25, -0.2) is 5.06 Å². The summed E-state index contributed by atoms with van der Waals surface area (Å²) < 4.78 is 6.14. The van der Waals surface area contributed by atoms with Crippen molar-refractivity contribution in [3.63, 3.8) is 0 Å². The fraction of sp³-hybridized carbons (Fsp3) is 1.00. The molecular weight excluding hydrogens is 214 g/mol. The zero-order valence-corrected chi connectivity index (χ0v) is 11.9. The summed E-state index contributed by atoms with van der Waals surface area (Å²) in [6, 6.07) is 0. The zero-order valence-electron chi connectivity index (χ0n) is 10.1. The van der Waals surface area contributed by atoms with Crippen LogP contribution in [0, 0.1) is 0 Å². The average molecular weight is 238 g/mol. The van der Waals surface area contributed by atoms with E-state index in [0.717, 1.165) is 13.1 Å². The predicted molar refractivity (Wildman–Crippen MR) is 66.3 cm³/mol. The summed E-state index contributed by atoms with van der Waals surface area (Å²) in [4.78, 5) is 0. The number of halogens is 1. The molecule has 1 saturated heterocycles. The van der Waals surface area contributed by atoms with E-state index in [0.29, 0.717) is 5.04 Å². The lowest BCUT2D eigenvalue weighted by molar-refractivity contribution is -0.0504. The molecule has 86 valence electrons. The van der Waals surface area contributed by atoms with Gasteiger partial charge in [-0.1, -0.05) is 20.8 Å². The van der Waals surface area contributed by atoms with E-state index in [4.69, 9.17) is 4.53 Å². The van der Waals surface area contributed by atoms with Crippen LogP contribution in [0.15, 0.2) is 0 Å². The number of hydrogen-bond acceptors (Lipinski definition) is 2. The smallest absolute Gasteiger partial charge is 0.220 e. The van der Waals surface area contributed by atoms with E-state index in [1.54, 1.807) is 0 Å². The van der Waals surface area contributed by atoms with Gasteiger partial charge in [-0.15, -0.1) is 12.4 Å². The third kappa shape index (κ3) is 3.53. The first-order chi connectivity index (χ1) is 5.83. The molecule has 1 heterocycles. The Balaban J connectivity index is 0.00000169. The molecule has 0 aliphatic carbocycles. The van der Waals surface area contributed by atoms with Gasteiger partial charge in [0.2, 0.25) is 8.32 Å². The third-order valence-corrected chi connectivity index (χ3v) is 7.56. The Kier molecular flexibility index (Phi) is 5.12. The topological polar surface area (TPSA) is 12.5 Å². The zero-order chi connectivity index (χ0) is 10.1. The number of nitrogens with zero attached hydrogens (tertiary/aromatic N) is 1. The first kappa shape index (κ1) is 14.4. The maximum Gasteiger partial charge on any atom is 0.220 e. The van der Waals surface area contributed by atoms with Gasteiger partial charge in [-0.2, -0.15) is 0 Å². The highest BCUT2D eigenvalue weighted by Gasteiger charge is 2.39. The molecule has 0 aromatic rings. The second kappa shape index (κ2) is 4.97. The molecule has 0 radical (unpaired) electrons. The van der Waals surface area contributed by atoms with Gasteiger partial charge in [0.1, 0.15) is 0 Å². The van der Waals surface area contributed by atoms with Crippen molar-refractivity contribution in [1.82, 2.24) is 5.06 Å². The van der Waals surface area contributed by atoms with Crippen LogP contribution in [0.1, 0.15) is 33.6 Å². The van der Waals surface area contributed by atoms with E-state index in [9.17, 15) is 0 Å². The molecule has 0 unspecified atom stereocenters. The molecule has 0 aromatic carbocycles. The largest absolute Gasteiger partial charge is 0.342 e. The van der Waals surface area contributed by atoms with E-state index < -0.39 is 8.32 Å². The summed E-state index contributed by atoms with van der Waals surface area (Å²) in [5, 5.41) is 2.51. The minimum absolute atomic E-state index is 0. The third-order valence-electron chi connectivity index (χ3n) is 3.23. The summed E-state index contributed by atoms with van der Waals surface area (Å²) in [5.41, 5.74) is 0. The Bertz CT molecular complexity index is 173. The molecule has 0 amide bonds. The molecular formula is C10H24ClNOSi. The minimum Gasteiger partial charge on any atom is -0.342 e. The van der Waals surface area contributed by atoms with Gasteiger partial charge >= 0.3 is 0 Å². The van der Waals surface area contributed by atoms with Crippen molar-refractivity contribution < 1.29 is 4.53 Å². The first-order valence-corrected chi connectivity index (χ1v) is 8.18. The highest BCUT2D eigenvalue weighted by Crippen LogP contribution is 2.37. The van der Waals surface area contributed by atoms with Gasteiger partial charge in [-0.3, -0.25) is 0 Å². The van der Waals surface area contributed by atoms with Gasteiger partial charge in [-0.05, 0) is 31.0 Å². The van der Waals surface area contributed by atoms with Crippen LogP contribution in [0.4, 0.5) is 0 Å². The van der Waals surface area contributed by atoms with Crippen molar-refractivity contribution in [3.05, 3.63) is 0 Å². The van der Waals surface area contributed by atoms with Crippen molar-refractivity contribution in [2.24, 2.45) is 0 Å². The molecule has 0 bridgehead atoms. The quantitative estimate of drug-likeness (QED) is 0.683. The van der Waals surface area contributed by atoms with Crippen molar-refractivity contribution in [1.29, 1.82) is 0 Å². The molecule has 1 aliphatic rings. The fourth-order valence-electron chi connectivity index (χ4n) is 1.24. The van der Waals surface area contributed by atoms with Crippen molar-refractivity contribution >= 4 is 20.7 Å². The van der Waals surface area contributed by atoms with E-state index in [-0.39, 0.29) is 12.4 Å². The molecule has 1 rings (SSSR count). The van der Waals surface area contributed by atoms with Gasteiger partial charge in [0.05, 0.1) is 0 Å². The molecule has 0 saturated carbocycles. The predicted octanol–water partition coefficient (Wildman–Crippen LogP) is 3.44. The Hall–Kier alpha value is 0.427. The van der Waals surface area contributed by atoms with Crippen molar-refractivity contribution in [2.75, 3.05) is 13.1 Å². The first-order valence-electron chi connectivity index (χ1n) is 5.27. The molecule has 0 N–H and O–H groups in total. The summed E-state index contributed by atoms with van der Waals surface area (Å²) in [5.74, 6) is 0. The second-order valence-corrected chi connectivity index (χ2v) is 10.2. The summed E-state index contributed by atoms with van der Waals surface area (Å²) in [6.45, 7) is 13.7. The van der Waals surface area contributed by atoms with E-state index in [1.165, 1.54) is 12.8 Å². The SMILES string of the molecule is CC(C)(C)[Si](C)(C)ON1CCCC1.Cl. The van der Waals surface area contributed by atoms with Crippen LogP contribution < -0.4 is 0 Å². The van der Waals surface area contributed by atoms with Crippen LogP contribution >= 0.6 is 12.4 Å². The standard InChI is InChI=1S/C10H23NOSi.ClH/c1-10(2,3)13(4,5)12-11-8-6-7-9-11;/h6-9H2,1-5H3;1H. The minimum atomic E-state index is -1.54. The number of rotatable bonds is 2. The lowest BCUT2D eigenvalue weighted by atomic mass is 10.2. The van der Waals surface area contributed by atoms with Crippen LogP contribution in [-0.4, -0.2) is 26.5 Å². The monoisotopic (exact) mass is 237 g/mol. The molecule has 2 nitrogen and oxygen atoms in total. The summed E-state index contributed by atoms with van der Waals surface area (Å²) in [7, 11) is -1.54. The van der Waals surface area contributed by atoms with Crippen LogP contribution in [0.3, 0.4) is 0 Å². The van der Waals surface area contributed by atoms with E-state index in [2.05, 4.69) is 38.9 Å². The molecule has 1 aliphatic heterocycles. The van der Waals surface area contributed by atoms with Gasteiger partial charge in [0, 0.05) is 13.1 Å². The van der Waals surface area contributed by atoms with Gasteiger partial charge in [0.25, 0.3) is 0 Å². The molecule has 14 heavy (non-hydrogen) atoms. The van der Waals surface area contributed by atoms with Crippen molar-refractivity contribution in [2.45, 2.75) is 51.7 Å². The summed E-state index contributed by atoms with van der Waals surface area (Å²) in [6.07, 6.45) is 2.60. The maximum absolute atomic E-state index is 6.14. The lowest BCUT2D eigenvalue weighted by Gasteiger charge is -2.38.